The van der Waals surface area contributed by atoms with Gasteiger partial charge in [0.1, 0.15) is 11.8 Å². The number of hydrogen-bond donors (Lipinski definition) is 1. The number of halogens is 1. The van der Waals surface area contributed by atoms with Gasteiger partial charge in [0.05, 0.1) is 0 Å². The Balaban J connectivity index is 1.70. The van der Waals surface area contributed by atoms with Crippen LogP contribution in [0, 0.1) is 17.3 Å². The fraction of sp³-hybridized carbons (Fsp3) is 0.353. The number of hydrogen-bond acceptors (Lipinski definition) is 4. The number of rotatable bonds is 2. The lowest BCUT2D eigenvalue weighted by Gasteiger charge is -2.20. The van der Waals surface area contributed by atoms with Gasteiger partial charge in [-0.2, -0.15) is 9.65 Å². The predicted octanol–water partition coefficient (Wildman–Crippen LogP) is 2.76. The van der Waals surface area contributed by atoms with Crippen molar-refractivity contribution >= 4 is 0 Å². The monoisotopic (exact) mass is 294 g/mol. The Morgan fingerprint density at radius 2 is 2.14 bits per heavy atom. The van der Waals surface area contributed by atoms with Crippen LogP contribution in [0.3, 0.4) is 0 Å². The zero-order valence-corrected chi connectivity index (χ0v) is 12.0. The van der Waals surface area contributed by atoms with Gasteiger partial charge in [-0.3, -0.25) is 0 Å². The summed E-state index contributed by atoms with van der Waals surface area (Å²) < 4.78 is 14.1. The smallest absolute Gasteiger partial charge is 0.220 e. The molecule has 2 aliphatic rings. The van der Waals surface area contributed by atoms with E-state index in [1.54, 1.807) is 18.3 Å². The minimum Gasteiger partial charge on any atom is -0.311 e. The molecular formula is C17H15FN4. The second-order valence-corrected chi connectivity index (χ2v) is 6.04. The molecule has 2 fully saturated rings. The van der Waals surface area contributed by atoms with Crippen molar-refractivity contribution in [3.63, 3.8) is 0 Å². The van der Waals surface area contributed by atoms with Gasteiger partial charge in [0.15, 0.2) is 0 Å². The number of fused-ring (bicyclic) bond motifs is 2. The minimum absolute atomic E-state index is 0.325. The SMILES string of the molecule is N#Cc1ccc(-c2cc([C@H]3C[C@@H]4CC[C@H]3N4)cnc2F)cn1. The first-order valence-corrected chi connectivity index (χ1v) is 7.52. The van der Waals surface area contributed by atoms with E-state index in [9.17, 15) is 4.39 Å². The van der Waals surface area contributed by atoms with E-state index in [0.29, 0.717) is 34.8 Å². The lowest BCUT2D eigenvalue weighted by Crippen LogP contribution is -2.21. The normalized spacial score (nSPS) is 26.1. The molecule has 1 N–H and O–H groups in total. The van der Waals surface area contributed by atoms with Crippen molar-refractivity contribution in [3.05, 3.63) is 47.8 Å². The zero-order valence-electron chi connectivity index (χ0n) is 12.0. The topological polar surface area (TPSA) is 61.6 Å². The van der Waals surface area contributed by atoms with Gasteiger partial charge in [-0.25, -0.2) is 9.97 Å². The van der Waals surface area contributed by atoms with Crippen molar-refractivity contribution in [1.82, 2.24) is 15.3 Å². The third-order valence-corrected chi connectivity index (χ3v) is 4.78. The predicted molar refractivity (Wildman–Crippen MR) is 79.4 cm³/mol. The molecule has 5 heteroatoms. The van der Waals surface area contributed by atoms with Crippen LogP contribution in [-0.2, 0) is 0 Å². The maximum atomic E-state index is 14.1. The van der Waals surface area contributed by atoms with Gasteiger partial charge in [0, 0.05) is 41.5 Å². The number of nitriles is 1. The Bertz CT molecular complexity index is 750. The van der Waals surface area contributed by atoms with E-state index >= 15 is 0 Å². The Kier molecular flexibility index (Phi) is 3.12. The third kappa shape index (κ3) is 2.16. The maximum absolute atomic E-state index is 14.1. The van der Waals surface area contributed by atoms with E-state index < -0.39 is 5.95 Å². The number of nitrogens with zero attached hydrogens (tertiary/aromatic N) is 3. The van der Waals surface area contributed by atoms with Crippen LogP contribution in [0.25, 0.3) is 11.1 Å². The fourth-order valence-electron chi connectivity index (χ4n) is 3.68. The molecule has 22 heavy (non-hydrogen) atoms. The van der Waals surface area contributed by atoms with Crippen LogP contribution in [0.15, 0.2) is 30.6 Å². The molecule has 2 bridgehead atoms. The Hall–Kier alpha value is -2.32. The molecule has 0 spiro atoms. The third-order valence-electron chi connectivity index (χ3n) is 4.78. The van der Waals surface area contributed by atoms with Crippen molar-refractivity contribution in [2.24, 2.45) is 0 Å². The zero-order chi connectivity index (χ0) is 15.1. The first-order chi connectivity index (χ1) is 10.7. The summed E-state index contributed by atoms with van der Waals surface area (Å²) in [5.41, 5.74) is 2.52. The van der Waals surface area contributed by atoms with Crippen molar-refractivity contribution in [3.8, 4) is 17.2 Å². The van der Waals surface area contributed by atoms with Gasteiger partial charge in [0.2, 0.25) is 5.95 Å². The van der Waals surface area contributed by atoms with Crippen molar-refractivity contribution < 1.29 is 4.39 Å². The van der Waals surface area contributed by atoms with E-state index in [2.05, 4.69) is 15.3 Å². The summed E-state index contributed by atoms with van der Waals surface area (Å²) in [5.74, 6) is -0.0803. The Morgan fingerprint density at radius 1 is 1.23 bits per heavy atom. The van der Waals surface area contributed by atoms with Gasteiger partial charge < -0.3 is 5.32 Å². The second-order valence-electron chi connectivity index (χ2n) is 6.04. The molecule has 110 valence electrons. The molecule has 2 aliphatic heterocycles. The molecule has 0 amide bonds. The van der Waals surface area contributed by atoms with Gasteiger partial charge in [-0.1, -0.05) is 0 Å². The average Bonchev–Trinajstić information content (AvgIpc) is 3.19. The number of aromatic nitrogens is 2. The first-order valence-electron chi connectivity index (χ1n) is 7.52. The van der Waals surface area contributed by atoms with Crippen molar-refractivity contribution in [1.29, 1.82) is 5.26 Å². The fourth-order valence-corrected chi connectivity index (χ4v) is 3.68. The molecule has 2 aromatic heterocycles. The highest BCUT2D eigenvalue weighted by molar-refractivity contribution is 5.63. The molecule has 0 aliphatic carbocycles. The number of pyridine rings is 2. The summed E-state index contributed by atoms with van der Waals surface area (Å²) in [5, 5.41) is 12.4. The van der Waals surface area contributed by atoms with Gasteiger partial charge in [0.25, 0.3) is 0 Å². The summed E-state index contributed by atoms with van der Waals surface area (Å²) >= 11 is 0. The highest BCUT2D eigenvalue weighted by Crippen LogP contribution is 2.40. The van der Waals surface area contributed by atoms with Gasteiger partial charge in [-0.05, 0) is 43.0 Å². The van der Waals surface area contributed by atoms with Crippen LogP contribution in [0.2, 0.25) is 0 Å². The lowest BCUT2D eigenvalue weighted by atomic mass is 9.84. The van der Waals surface area contributed by atoms with Gasteiger partial charge >= 0.3 is 0 Å². The summed E-state index contributed by atoms with van der Waals surface area (Å²) in [6.07, 6.45) is 6.70. The molecule has 2 saturated heterocycles. The molecule has 2 aromatic rings. The summed E-state index contributed by atoms with van der Waals surface area (Å²) in [4.78, 5) is 7.95. The van der Waals surface area contributed by atoms with E-state index in [1.807, 2.05) is 12.1 Å². The van der Waals surface area contributed by atoms with Crippen LogP contribution in [0.1, 0.15) is 36.4 Å². The summed E-state index contributed by atoms with van der Waals surface area (Å²) in [6, 6.07) is 8.26. The molecule has 4 nitrogen and oxygen atoms in total. The molecule has 0 saturated carbocycles. The molecule has 4 heterocycles. The number of nitrogens with one attached hydrogen (secondary N) is 1. The minimum atomic E-state index is -0.494. The van der Waals surface area contributed by atoms with Crippen LogP contribution >= 0.6 is 0 Å². The average molecular weight is 294 g/mol. The van der Waals surface area contributed by atoms with Gasteiger partial charge in [-0.15, -0.1) is 0 Å². The summed E-state index contributed by atoms with van der Waals surface area (Å²) in [7, 11) is 0. The lowest BCUT2D eigenvalue weighted by molar-refractivity contribution is 0.502. The van der Waals surface area contributed by atoms with E-state index in [1.165, 1.54) is 19.0 Å². The Labute approximate surface area is 128 Å². The van der Waals surface area contributed by atoms with Crippen LogP contribution in [-0.4, -0.2) is 22.1 Å². The van der Waals surface area contributed by atoms with Crippen LogP contribution < -0.4 is 5.32 Å². The molecule has 4 rings (SSSR count). The molecular weight excluding hydrogens is 279 g/mol. The molecule has 0 radical (unpaired) electrons. The highest BCUT2D eigenvalue weighted by atomic mass is 19.1. The molecule has 0 aromatic carbocycles. The molecule has 3 atom stereocenters. The first kappa shape index (κ1) is 13.4. The standard InChI is InChI=1S/C17H15FN4/c18-17-15(10-1-2-13(7-19)20-8-10)5-11(9-21-17)14-6-12-3-4-16(14)22-12/h1-2,5,8-9,12,14,16,22H,3-4,6H2/t12-,14+,16+/m0/s1. The second kappa shape index (κ2) is 5.15. The maximum Gasteiger partial charge on any atom is 0.220 e. The highest BCUT2D eigenvalue weighted by Gasteiger charge is 2.39. The van der Waals surface area contributed by atoms with Crippen LogP contribution in [0.5, 0.6) is 0 Å². The Morgan fingerprint density at radius 3 is 2.77 bits per heavy atom. The largest absolute Gasteiger partial charge is 0.311 e. The van der Waals surface area contributed by atoms with E-state index in [4.69, 9.17) is 5.26 Å². The van der Waals surface area contributed by atoms with E-state index in [0.717, 1.165) is 12.0 Å². The van der Waals surface area contributed by atoms with Crippen molar-refractivity contribution in [2.75, 3.05) is 0 Å². The van der Waals surface area contributed by atoms with Crippen molar-refractivity contribution in [2.45, 2.75) is 37.3 Å². The van der Waals surface area contributed by atoms with E-state index in [-0.39, 0.29) is 0 Å². The van der Waals surface area contributed by atoms with Crippen LogP contribution in [0.4, 0.5) is 4.39 Å². The molecule has 0 unspecified atom stereocenters. The quantitative estimate of drug-likeness (QED) is 0.865. The summed E-state index contributed by atoms with van der Waals surface area (Å²) in [6.45, 7) is 0.